The Morgan fingerprint density at radius 3 is 2.27 bits per heavy atom. The lowest BCUT2D eigenvalue weighted by Crippen LogP contribution is -2.37. The van der Waals surface area contributed by atoms with Crippen LogP contribution in [0, 0.1) is 0 Å². The third-order valence-corrected chi connectivity index (χ3v) is 7.00. The number of aliphatic imine (C=N–C) groups is 1. The van der Waals surface area contributed by atoms with E-state index in [1.54, 1.807) is 23.5 Å². The molecule has 1 saturated heterocycles. The maximum Gasteiger partial charge on any atom is 0.243 e. The smallest absolute Gasteiger partial charge is 0.243 e. The van der Waals surface area contributed by atoms with Gasteiger partial charge in [0.25, 0.3) is 0 Å². The van der Waals surface area contributed by atoms with E-state index in [4.69, 9.17) is 0 Å². The zero-order valence-corrected chi connectivity index (χ0v) is 20.5. The Hall–Kier alpha value is -1.65. The number of benzene rings is 2. The summed E-state index contributed by atoms with van der Waals surface area (Å²) >= 11 is 0. The molecule has 0 bridgehead atoms. The maximum atomic E-state index is 12.6. The van der Waals surface area contributed by atoms with E-state index >= 15 is 0 Å². The largest absolute Gasteiger partial charge is 0.356 e. The Labute approximate surface area is 197 Å². The number of nitrogens with zero attached hydrogens (tertiary/aromatic N) is 2. The molecule has 1 heterocycles. The fraction of sp³-hybridized carbons (Fsp3) is 0.409. The van der Waals surface area contributed by atoms with Crippen molar-refractivity contribution in [3.8, 4) is 0 Å². The fourth-order valence-electron chi connectivity index (χ4n) is 3.41. The third kappa shape index (κ3) is 6.95. The highest BCUT2D eigenvalue weighted by Crippen LogP contribution is 2.21. The number of sulfonamides is 1. The van der Waals surface area contributed by atoms with Gasteiger partial charge >= 0.3 is 0 Å². The molecule has 1 fully saturated rings. The quantitative estimate of drug-likeness (QED) is 0.232. The fourth-order valence-corrected chi connectivity index (χ4v) is 4.92. The molecule has 1 aliphatic heterocycles. The van der Waals surface area contributed by atoms with E-state index < -0.39 is 10.0 Å². The second kappa shape index (κ2) is 12.3. The first-order valence-electron chi connectivity index (χ1n) is 10.2. The summed E-state index contributed by atoms with van der Waals surface area (Å²) in [6.45, 7) is 2.67. The molecule has 164 valence electrons. The van der Waals surface area contributed by atoms with E-state index in [1.165, 1.54) is 5.56 Å². The van der Waals surface area contributed by atoms with Crippen LogP contribution in [0.25, 0.3) is 0 Å². The van der Waals surface area contributed by atoms with Crippen LogP contribution >= 0.6 is 24.0 Å². The van der Waals surface area contributed by atoms with Gasteiger partial charge in [-0.1, -0.05) is 42.5 Å². The minimum absolute atomic E-state index is 0. The van der Waals surface area contributed by atoms with Crippen LogP contribution in [0.5, 0.6) is 0 Å². The van der Waals surface area contributed by atoms with Crippen molar-refractivity contribution in [3.63, 3.8) is 0 Å². The molecule has 0 aliphatic carbocycles. The summed E-state index contributed by atoms with van der Waals surface area (Å²) in [5.74, 6) is 0.742. The van der Waals surface area contributed by atoms with Gasteiger partial charge in [0.1, 0.15) is 0 Å². The maximum absolute atomic E-state index is 12.6. The number of aryl methyl sites for hydroxylation is 1. The molecule has 2 aromatic carbocycles. The molecule has 8 heteroatoms. The van der Waals surface area contributed by atoms with E-state index in [0.29, 0.717) is 24.5 Å². The van der Waals surface area contributed by atoms with Crippen LogP contribution in [0.2, 0.25) is 0 Å². The van der Waals surface area contributed by atoms with E-state index in [0.717, 1.165) is 43.8 Å². The van der Waals surface area contributed by atoms with Gasteiger partial charge in [-0.25, -0.2) is 8.42 Å². The van der Waals surface area contributed by atoms with Crippen LogP contribution in [-0.2, 0) is 23.0 Å². The first kappa shape index (κ1) is 24.6. The second-order valence-corrected chi connectivity index (χ2v) is 9.13. The zero-order chi connectivity index (χ0) is 20.5. The lowest BCUT2D eigenvalue weighted by atomic mass is 10.1. The number of halogens is 1. The van der Waals surface area contributed by atoms with Crippen molar-refractivity contribution >= 4 is 40.0 Å². The Morgan fingerprint density at radius 2 is 1.63 bits per heavy atom. The van der Waals surface area contributed by atoms with Crippen molar-refractivity contribution < 1.29 is 8.42 Å². The van der Waals surface area contributed by atoms with Gasteiger partial charge < -0.3 is 10.6 Å². The van der Waals surface area contributed by atoms with Crippen LogP contribution in [0.4, 0.5) is 0 Å². The minimum atomic E-state index is -3.35. The zero-order valence-electron chi connectivity index (χ0n) is 17.4. The average molecular weight is 542 g/mol. The molecule has 0 spiro atoms. The monoisotopic (exact) mass is 542 g/mol. The van der Waals surface area contributed by atoms with Crippen LogP contribution < -0.4 is 10.6 Å². The van der Waals surface area contributed by atoms with Crippen LogP contribution in [-0.4, -0.2) is 45.4 Å². The van der Waals surface area contributed by atoms with Gasteiger partial charge in [0.05, 0.1) is 4.90 Å². The Morgan fingerprint density at radius 1 is 0.967 bits per heavy atom. The first-order chi connectivity index (χ1) is 14.1. The van der Waals surface area contributed by atoms with Crippen molar-refractivity contribution in [2.24, 2.45) is 4.99 Å². The van der Waals surface area contributed by atoms with E-state index in [1.807, 2.05) is 18.2 Å². The van der Waals surface area contributed by atoms with E-state index in [-0.39, 0.29) is 24.0 Å². The average Bonchev–Trinajstić information content (AvgIpc) is 3.30. The molecule has 2 aromatic rings. The van der Waals surface area contributed by atoms with Crippen LogP contribution in [0.15, 0.2) is 64.5 Å². The van der Waals surface area contributed by atoms with Crippen molar-refractivity contribution in [2.45, 2.75) is 37.1 Å². The Kier molecular flexibility index (Phi) is 10.1. The SMILES string of the molecule is CN=C(NCCCc1ccccc1)NCc1ccc(S(=O)(=O)N2CCCC2)cc1.I. The summed E-state index contributed by atoms with van der Waals surface area (Å²) in [6.07, 6.45) is 3.93. The summed E-state index contributed by atoms with van der Waals surface area (Å²) in [5, 5.41) is 6.60. The highest BCUT2D eigenvalue weighted by atomic mass is 127. The lowest BCUT2D eigenvalue weighted by Gasteiger charge is -2.16. The number of hydrogen-bond acceptors (Lipinski definition) is 3. The molecule has 6 nitrogen and oxygen atoms in total. The highest BCUT2D eigenvalue weighted by Gasteiger charge is 2.26. The van der Waals surface area contributed by atoms with Gasteiger partial charge in [0.2, 0.25) is 10.0 Å². The Bertz CT molecular complexity index is 896. The number of hydrogen-bond donors (Lipinski definition) is 2. The van der Waals surface area contributed by atoms with E-state index in [9.17, 15) is 8.42 Å². The minimum Gasteiger partial charge on any atom is -0.356 e. The van der Waals surface area contributed by atoms with Crippen LogP contribution in [0.1, 0.15) is 30.4 Å². The van der Waals surface area contributed by atoms with Crippen LogP contribution in [0.3, 0.4) is 0 Å². The first-order valence-corrected chi connectivity index (χ1v) is 11.6. The normalized spacial score (nSPS) is 14.9. The van der Waals surface area contributed by atoms with Gasteiger partial charge in [-0.2, -0.15) is 4.31 Å². The summed E-state index contributed by atoms with van der Waals surface area (Å²) in [4.78, 5) is 4.62. The van der Waals surface area contributed by atoms with Crippen molar-refractivity contribution in [1.82, 2.24) is 14.9 Å². The molecule has 0 aromatic heterocycles. The molecule has 1 aliphatic rings. The van der Waals surface area contributed by atoms with Crippen molar-refractivity contribution in [3.05, 3.63) is 65.7 Å². The van der Waals surface area contributed by atoms with Gasteiger partial charge in [-0.05, 0) is 48.9 Å². The molecule has 2 N–H and O–H groups in total. The number of guanidine groups is 1. The summed E-state index contributed by atoms with van der Waals surface area (Å²) in [6, 6.07) is 17.5. The predicted molar refractivity (Wildman–Crippen MR) is 133 cm³/mol. The molecule has 0 amide bonds. The third-order valence-electron chi connectivity index (χ3n) is 5.09. The standard InChI is InChI=1S/C22H30N4O2S.HI/c1-23-22(24-15-7-10-19-8-3-2-4-9-19)25-18-20-11-13-21(14-12-20)29(27,28)26-16-5-6-17-26;/h2-4,8-9,11-14H,5-7,10,15-18H2,1H3,(H2,23,24,25);1H. The van der Waals surface area contributed by atoms with Gasteiger partial charge in [-0.3, -0.25) is 4.99 Å². The van der Waals surface area contributed by atoms with E-state index in [2.05, 4.69) is 39.9 Å². The molecular weight excluding hydrogens is 511 g/mol. The lowest BCUT2D eigenvalue weighted by molar-refractivity contribution is 0.477. The summed E-state index contributed by atoms with van der Waals surface area (Å²) in [7, 11) is -1.60. The topological polar surface area (TPSA) is 73.8 Å². The molecule has 0 atom stereocenters. The molecule has 0 saturated carbocycles. The molecular formula is C22H31IN4O2S. The van der Waals surface area contributed by atoms with Gasteiger partial charge in [0.15, 0.2) is 5.96 Å². The predicted octanol–water partition coefficient (Wildman–Crippen LogP) is 3.39. The van der Waals surface area contributed by atoms with Gasteiger partial charge in [0, 0.05) is 33.2 Å². The highest BCUT2D eigenvalue weighted by molar-refractivity contribution is 14.0. The van der Waals surface area contributed by atoms with Crippen molar-refractivity contribution in [1.29, 1.82) is 0 Å². The molecule has 0 unspecified atom stereocenters. The second-order valence-electron chi connectivity index (χ2n) is 7.20. The molecule has 30 heavy (non-hydrogen) atoms. The number of rotatable bonds is 8. The van der Waals surface area contributed by atoms with Gasteiger partial charge in [-0.15, -0.1) is 24.0 Å². The molecule has 0 radical (unpaired) electrons. The summed E-state index contributed by atoms with van der Waals surface area (Å²) < 4.78 is 26.7. The van der Waals surface area contributed by atoms with Crippen molar-refractivity contribution in [2.75, 3.05) is 26.7 Å². The molecule has 3 rings (SSSR count). The summed E-state index contributed by atoms with van der Waals surface area (Å²) in [5.41, 5.74) is 2.35. The number of nitrogens with one attached hydrogen (secondary N) is 2. The Balaban J connectivity index is 0.00000320.